The number of carbonyl (C=O) groups is 2. The molecule has 1 atom stereocenters. The van der Waals surface area contributed by atoms with E-state index in [1.165, 1.54) is 18.5 Å². The highest BCUT2D eigenvalue weighted by atomic mass is 19.2. The van der Waals surface area contributed by atoms with Crippen molar-refractivity contribution in [2.45, 2.75) is 19.9 Å². The zero-order valence-electron chi connectivity index (χ0n) is 18.5. The first-order valence-corrected chi connectivity index (χ1v) is 10.7. The standard InChI is InChI=1S/C26H22F2N2O4/c1-15(2)14-34-19-8-5-16(6-9-19)24(31)22-23(17-4-3-11-29-13-17)30(26(33)25(22)32)18-7-10-20(27)21(28)12-18/h3-13,15,23,31H,14H2,1-2H3/b24-22+. The minimum Gasteiger partial charge on any atom is -0.507 e. The highest BCUT2D eigenvalue weighted by Crippen LogP contribution is 2.42. The third-order valence-corrected chi connectivity index (χ3v) is 5.34. The summed E-state index contributed by atoms with van der Waals surface area (Å²) in [5.41, 5.74) is 0.517. The lowest BCUT2D eigenvalue weighted by molar-refractivity contribution is -0.132. The summed E-state index contributed by atoms with van der Waals surface area (Å²) in [5.74, 6) is -3.64. The van der Waals surface area contributed by atoms with Gasteiger partial charge in [0.05, 0.1) is 18.2 Å². The van der Waals surface area contributed by atoms with E-state index < -0.39 is 35.1 Å². The average Bonchev–Trinajstić information content (AvgIpc) is 3.10. The molecule has 1 aliphatic heterocycles. The molecule has 2 aromatic carbocycles. The van der Waals surface area contributed by atoms with Gasteiger partial charge in [0, 0.05) is 29.7 Å². The maximum atomic E-state index is 14.0. The number of nitrogens with zero attached hydrogens (tertiary/aromatic N) is 2. The Morgan fingerprint density at radius 1 is 1.09 bits per heavy atom. The maximum absolute atomic E-state index is 14.0. The summed E-state index contributed by atoms with van der Waals surface area (Å²) in [6.07, 6.45) is 2.96. The molecule has 1 aliphatic rings. The molecule has 6 nitrogen and oxygen atoms in total. The molecule has 4 rings (SSSR count). The Labute approximate surface area is 195 Å². The molecule has 1 unspecified atom stereocenters. The van der Waals surface area contributed by atoms with Crippen LogP contribution in [0, 0.1) is 17.6 Å². The van der Waals surface area contributed by atoms with Crippen molar-refractivity contribution in [3.05, 3.63) is 95.3 Å². The molecule has 34 heavy (non-hydrogen) atoms. The van der Waals surface area contributed by atoms with Crippen molar-refractivity contribution in [3.63, 3.8) is 0 Å². The van der Waals surface area contributed by atoms with Gasteiger partial charge in [-0.25, -0.2) is 8.78 Å². The summed E-state index contributed by atoms with van der Waals surface area (Å²) in [4.78, 5) is 31.2. The number of carbonyl (C=O) groups excluding carboxylic acids is 2. The van der Waals surface area contributed by atoms with Gasteiger partial charge in [-0.15, -0.1) is 0 Å². The molecule has 174 valence electrons. The van der Waals surface area contributed by atoms with Crippen LogP contribution in [0.2, 0.25) is 0 Å². The van der Waals surface area contributed by atoms with Crippen LogP contribution in [0.1, 0.15) is 31.0 Å². The van der Waals surface area contributed by atoms with Crippen molar-refractivity contribution in [3.8, 4) is 5.75 Å². The largest absolute Gasteiger partial charge is 0.507 e. The van der Waals surface area contributed by atoms with Gasteiger partial charge in [-0.2, -0.15) is 0 Å². The summed E-state index contributed by atoms with van der Waals surface area (Å²) >= 11 is 0. The second-order valence-electron chi connectivity index (χ2n) is 8.28. The predicted octanol–water partition coefficient (Wildman–Crippen LogP) is 5.02. The number of pyridine rings is 1. The number of rotatable bonds is 6. The van der Waals surface area contributed by atoms with Gasteiger partial charge in [-0.3, -0.25) is 19.5 Å². The molecule has 1 fully saturated rings. The number of anilines is 1. The normalized spacial score (nSPS) is 17.4. The van der Waals surface area contributed by atoms with Crippen molar-refractivity contribution < 1.29 is 28.2 Å². The Balaban J connectivity index is 1.81. The lowest BCUT2D eigenvalue weighted by Crippen LogP contribution is -2.29. The van der Waals surface area contributed by atoms with E-state index in [4.69, 9.17) is 4.74 Å². The molecule has 1 amide bonds. The molecule has 3 aromatic rings. The van der Waals surface area contributed by atoms with Gasteiger partial charge in [-0.1, -0.05) is 19.9 Å². The fourth-order valence-electron chi connectivity index (χ4n) is 3.71. The predicted molar refractivity (Wildman–Crippen MR) is 122 cm³/mol. The van der Waals surface area contributed by atoms with Crippen molar-refractivity contribution in [1.82, 2.24) is 4.98 Å². The Bertz CT molecular complexity index is 1260. The van der Waals surface area contributed by atoms with E-state index in [-0.39, 0.29) is 11.3 Å². The molecule has 1 N–H and O–H groups in total. The molecule has 0 bridgehead atoms. The molecular formula is C26H22F2N2O4. The molecular weight excluding hydrogens is 442 g/mol. The zero-order valence-corrected chi connectivity index (χ0v) is 18.5. The van der Waals surface area contributed by atoms with Crippen molar-refractivity contribution in [1.29, 1.82) is 0 Å². The van der Waals surface area contributed by atoms with Crippen LogP contribution in [-0.2, 0) is 9.59 Å². The number of halogens is 2. The third kappa shape index (κ3) is 4.39. The van der Waals surface area contributed by atoms with Crippen molar-refractivity contribution in [2.75, 3.05) is 11.5 Å². The minimum absolute atomic E-state index is 0.0219. The average molecular weight is 464 g/mol. The van der Waals surface area contributed by atoms with E-state index >= 15 is 0 Å². The van der Waals surface area contributed by atoms with E-state index in [2.05, 4.69) is 4.98 Å². The molecule has 0 aliphatic carbocycles. The maximum Gasteiger partial charge on any atom is 0.300 e. The van der Waals surface area contributed by atoms with Crippen LogP contribution in [0.4, 0.5) is 14.5 Å². The fraction of sp³-hybridized carbons (Fsp3) is 0.192. The molecule has 0 saturated carbocycles. The minimum atomic E-state index is -1.17. The van der Waals surface area contributed by atoms with Gasteiger partial charge in [0.25, 0.3) is 11.7 Å². The van der Waals surface area contributed by atoms with Crippen LogP contribution >= 0.6 is 0 Å². The van der Waals surface area contributed by atoms with Crippen molar-refractivity contribution >= 4 is 23.1 Å². The molecule has 8 heteroatoms. The number of aromatic nitrogens is 1. The van der Waals surface area contributed by atoms with E-state index in [0.29, 0.717) is 29.4 Å². The van der Waals surface area contributed by atoms with E-state index in [0.717, 1.165) is 17.0 Å². The Morgan fingerprint density at radius 3 is 2.44 bits per heavy atom. The van der Waals surface area contributed by atoms with Crippen LogP contribution < -0.4 is 9.64 Å². The van der Waals surface area contributed by atoms with Gasteiger partial charge >= 0.3 is 0 Å². The van der Waals surface area contributed by atoms with Gasteiger partial charge in [0.15, 0.2) is 11.6 Å². The molecule has 1 aromatic heterocycles. The number of benzene rings is 2. The number of ether oxygens (including phenoxy) is 1. The number of hydrogen-bond acceptors (Lipinski definition) is 5. The van der Waals surface area contributed by atoms with Gasteiger partial charge < -0.3 is 9.84 Å². The summed E-state index contributed by atoms with van der Waals surface area (Å²) in [5, 5.41) is 11.1. The first kappa shape index (κ1) is 23.1. The zero-order chi connectivity index (χ0) is 24.4. The number of hydrogen-bond donors (Lipinski definition) is 1. The lowest BCUT2D eigenvalue weighted by Gasteiger charge is -2.25. The quantitative estimate of drug-likeness (QED) is 0.315. The Hall–Kier alpha value is -4.07. The topological polar surface area (TPSA) is 79.7 Å². The van der Waals surface area contributed by atoms with Crippen LogP contribution in [0.3, 0.4) is 0 Å². The van der Waals surface area contributed by atoms with Gasteiger partial charge in [-0.05, 0) is 53.9 Å². The summed E-state index contributed by atoms with van der Waals surface area (Å²) in [6.45, 7) is 4.56. The smallest absolute Gasteiger partial charge is 0.300 e. The van der Waals surface area contributed by atoms with Crippen molar-refractivity contribution in [2.24, 2.45) is 5.92 Å². The third-order valence-electron chi connectivity index (χ3n) is 5.34. The lowest BCUT2D eigenvalue weighted by atomic mass is 9.96. The number of amides is 1. The highest BCUT2D eigenvalue weighted by molar-refractivity contribution is 6.51. The van der Waals surface area contributed by atoms with E-state index in [9.17, 15) is 23.5 Å². The first-order chi connectivity index (χ1) is 16.3. The van der Waals surface area contributed by atoms with Gasteiger partial charge in [0.2, 0.25) is 0 Å². The summed E-state index contributed by atoms with van der Waals surface area (Å²) in [6, 6.07) is 11.5. The van der Waals surface area contributed by atoms with Gasteiger partial charge in [0.1, 0.15) is 11.5 Å². The number of aliphatic hydroxyl groups is 1. The molecule has 2 heterocycles. The number of aliphatic hydroxyl groups excluding tert-OH is 1. The first-order valence-electron chi connectivity index (χ1n) is 10.7. The highest BCUT2D eigenvalue weighted by Gasteiger charge is 2.47. The van der Waals surface area contributed by atoms with E-state index in [1.54, 1.807) is 36.4 Å². The summed E-state index contributed by atoms with van der Waals surface area (Å²) in [7, 11) is 0. The second-order valence-corrected chi connectivity index (χ2v) is 8.28. The van der Waals surface area contributed by atoms with Crippen LogP contribution in [0.5, 0.6) is 5.75 Å². The molecule has 1 saturated heterocycles. The van der Waals surface area contributed by atoms with Crippen LogP contribution in [-0.4, -0.2) is 28.4 Å². The number of Topliss-reactive ketones (excluding diaryl/α,β-unsaturated/α-hetero) is 1. The monoisotopic (exact) mass is 464 g/mol. The fourth-order valence-corrected chi connectivity index (χ4v) is 3.71. The SMILES string of the molecule is CC(C)COc1ccc(/C(O)=C2\C(=O)C(=O)N(c3ccc(F)c(F)c3)C2c2cccnc2)cc1. The second kappa shape index (κ2) is 9.43. The molecule has 0 radical (unpaired) electrons. The van der Waals surface area contributed by atoms with Crippen LogP contribution in [0.15, 0.2) is 72.6 Å². The Kier molecular flexibility index (Phi) is 6.40. The van der Waals surface area contributed by atoms with Crippen LogP contribution in [0.25, 0.3) is 5.76 Å². The van der Waals surface area contributed by atoms with E-state index in [1.807, 2.05) is 13.8 Å². The number of ketones is 1. The molecule has 0 spiro atoms. The summed E-state index contributed by atoms with van der Waals surface area (Å²) < 4.78 is 33.1. The Morgan fingerprint density at radius 2 is 1.82 bits per heavy atom.